The molecule has 15 heavy (non-hydrogen) atoms. The van der Waals surface area contributed by atoms with Crippen LogP contribution in [0, 0.1) is 5.92 Å². The molecule has 0 amide bonds. The summed E-state index contributed by atoms with van der Waals surface area (Å²) in [5, 5.41) is 10.6. The third-order valence-electron chi connectivity index (χ3n) is 1.71. The van der Waals surface area contributed by atoms with Gasteiger partial charge in [-0.2, -0.15) is 4.98 Å². The van der Waals surface area contributed by atoms with Crippen LogP contribution in [0.15, 0.2) is 10.9 Å². The van der Waals surface area contributed by atoms with E-state index in [1.54, 1.807) is 0 Å². The minimum atomic E-state index is 0.585. The van der Waals surface area contributed by atoms with Crippen molar-refractivity contribution in [1.29, 1.82) is 0 Å². The molecule has 0 atom stereocenters. The highest BCUT2D eigenvalue weighted by Gasteiger charge is 2.00. The lowest BCUT2D eigenvalue weighted by molar-refractivity contribution is 0.410. The average Bonchev–Trinajstić information content (AvgIpc) is 2.67. The first-order valence-electron chi connectivity index (χ1n) is 4.95. The van der Waals surface area contributed by atoms with E-state index in [1.165, 1.54) is 6.39 Å². The molecule has 1 aromatic heterocycles. The van der Waals surface area contributed by atoms with E-state index in [1.807, 2.05) is 0 Å². The highest BCUT2D eigenvalue weighted by Crippen LogP contribution is 1.89. The summed E-state index contributed by atoms with van der Waals surface area (Å²) in [5.41, 5.74) is 0. The molecule has 1 heterocycles. The molecule has 0 aromatic carbocycles. The van der Waals surface area contributed by atoms with Crippen LogP contribution in [0.3, 0.4) is 0 Å². The van der Waals surface area contributed by atoms with Gasteiger partial charge in [-0.25, -0.2) is 0 Å². The number of hydrogen-bond acceptors (Lipinski definition) is 4. The van der Waals surface area contributed by atoms with Crippen LogP contribution in [0.1, 0.15) is 19.7 Å². The Balaban J connectivity index is 2.07. The first kappa shape index (κ1) is 11.9. The number of aromatic nitrogens is 2. The van der Waals surface area contributed by atoms with Gasteiger partial charge in [-0.15, -0.1) is 0 Å². The number of thiocarbonyl (C=S) groups is 1. The molecule has 0 aliphatic heterocycles. The molecule has 0 saturated carbocycles. The van der Waals surface area contributed by atoms with Gasteiger partial charge >= 0.3 is 0 Å². The van der Waals surface area contributed by atoms with Crippen molar-refractivity contribution in [2.45, 2.75) is 20.3 Å². The zero-order valence-corrected chi connectivity index (χ0v) is 9.80. The second kappa shape index (κ2) is 6.34. The summed E-state index contributed by atoms with van der Waals surface area (Å²) in [6, 6.07) is 0. The van der Waals surface area contributed by atoms with Crippen molar-refractivity contribution >= 4 is 17.3 Å². The van der Waals surface area contributed by atoms with E-state index in [4.69, 9.17) is 12.2 Å². The fourth-order valence-corrected chi connectivity index (χ4v) is 1.14. The lowest BCUT2D eigenvalue weighted by Gasteiger charge is -2.11. The Labute approximate surface area is 94.6 Å². The summed E-state index contributed by atoms with van der Waals surface area (Å²) in [4.78, 5) is 3.91. The van der Waals surface area contributed by atoms with Crippen LogP contribution >= 0.6 is 12.2 Å². The minimum absolute atomic E-state index is 0.585. The lowest BCUT2D eigenvalue weighted by Crippen LogP contribution is -2.38. The predicted molar refractivity (Wildman–Crippen MR) is 61.4 cm³/mol. The van der Waals surface area contributed by atoms with Crippen molar-refractivity contribution in [2.24, 2.45) is 5.92 Å². The summed E-state index contributed by atoms with van der Waals surface area (Å²) >= 11 is 5.08. The molecule has 0 aliphatic rings. The van der Waals surface area contributed by atoms with Crippen LogP contribution in [-0.4, -0.2) is 28.3 Å². The normalized spacial score (nSPS) is 10.3. The zero-order chi connectivity index (χ0) is 11.1. The maximum atomic E-state index is 5.08. The molecule has 1 aromatic rings. The first-order valence-corrected chi connectivity index (χ1v) is 5.36. The monoisotopic (exact) mass is 228 g/mol. The summed E-state index contributed by atoms with van der Waals surface area (Å²) < 4.78 is 4.61. The second-order valence-corrected chi connectivity index (χ2v) is 4.04. The van der Waals surface area contributed by atoms with E-state index in [2.05, 4.69) is 39.1 Å². The van der Waals surface area contributed by atoms with Crippen LogP contribution in [0.5, 0.6) is 0 Å². The molecule has 1 rings (SSSR count). The third-order valence-corrected chi connectivity index (χ3v) is 2.00. The van der Waals surface area contributed by atoms with Gasteiger partial charge in [0.1, 0.15) is 0 Å². The zero-order valence-electron chi connectivity index (χ0n) is 8.99. The van der Waals surface area contributed by atoms with E-state index in [0.717, 1.165) is 6.54 Å². The van der Waals surface area contributed by atoms with Crippen molar-refractivity contribution in [3.05, 3.63) is 12.2 Å². The van der Waals surface area contributed by atoms with Crippen LogP contribution in [0.25, 0.3) is 0 Å². The molecule has 0 aliphatic carbocycles. The van der Waals surface area contributed by atoms with Crippen molar-refractivity contribution in [3.8, 4) is 0 Å². The van der Waals surface area contributed by atoms with Crippen LogP contribution in [0.4, 0.5) is 0 Å². The number of rotatable bonds is 5. The highest BCUT2D eigenvalue weighted by molar-refractivity contribution is 7.80. The van der Waals surface area contributed by atoms with Gasteiger partial charge in [-0.05, 0) is 18.1 Å². The smallest absolute Gasteiger partial charge is 0.213 e. The van der Waals surface area contributed by atoms with E-state index < -0.39 is 0 Å². The molecule has 84 valence electrons. The van der Waals surface area contributed by atoms with Gasteiger partial charge in [0, 0.05) is 19.5 Å². The molecule has 0 spiro atoms. The SMILES string of the molecule is CC(C)CNC(=S)NCCc1ncon1. The minimum Gasteiger partial charge on any atom is -0.362 e. The van der Waals surface area contributed by atoms with Crippen LogP contribution < -0.4 is 10.6 Å². The van der Waals surface area contributed by atoms with Gasteiger partial charge in [0.05, 0.1) is 0 Å². The summed E-state index contributed by atoms with van der Waals surface area (Å²) in [6.07, 6.45) is 2.03. The fourth-order valence-electron chi connectivity index (χ4n) is 0.950. The standard InChI is InChI=1S/C9H16N4OS/c1-7(2)5-11-9(15)10-4-3-8-12-6-14-13-8/h6-7H,3-5H2,1-2H3,(H2,10,11,15). The fraction of sp³-hybridized carbons (Fsp3) is 0.667. The maximum absolute atomic E-state index is 5.08. The first-order chi connectivity index (χ1) is 7.18. The lowest BCUT2D eigenvalue weighted by atomic mass is 10.2. The Hall–Kier alpha value is -1.17. The molecule has 0 bridgehead atoms. The predicted octanol–water partition coefficient (Wildman–Crippen LogP) is 0.732. The summed E-state index contributed by atoms with van der Waals surface area (Å²) in [7, 11) is 0. The quantitative estimate of drug-likeness (QED) is 0.725. The van der Waals surface area contributed by atoms with Gasteiger partial charge in [0.15, 0.2) is 10.9 Å². The summed E-state index contributed by atoms with van der Waals surface area (Å²) in [5.74, 6) is 1.27. The number of hydrogen-bond donors (Lipinski definition) is 2. The molecular formula is C9H16N4OS. The highest BCUT2D eigenvalue weighted by atomic mass is 32.1. The number of nitrogens with zero attached hydrogens (tertiary/aromatic N) is 2. The molecule has 2 N–H and O–H groups in total. The maximum Gasteiger partial charge on any atom is 0.213 e. The van der Waals surface area contributed by atoms with Crippen molar-refractivity contribution in [2.75, 3.05) is 13.1 Å². The molecule has 0 unspecified atom stereocenters. The van der Waals surface area contributed by atoms with E-state index >= 15 is 0 Å². The van der Waals surface area contributed by atoms with Crippen LogP contribution in [-0.2, 0) is 6.42 Å². The van der Waals surface area contributed by atoms with Gasteiger partial charge in [-0.1, -0.05) is 19.0 Å². The van der Waals surface area contributed by atoms with Gasteiger partial charge in [0.2, 0.25) is 6.39 Å². The van der Waals surface area contributed by atoms with E-state index in [0.29, 0.717) is 29.8 Å². The summed E-state index contributed by atoms with van der Waals surface area (Å²) in [6.45, 7) is 5.86. The average molecular weight is 228 g/mol. The van der Waals surface area contributed by atoms with E-state index in [9.17, 15) is 0 Å². The topological polar surface area (TPSA) is 63.0 Å². The molecule has 0 radical (unpaired) electrons. The molecule has 0 fully saturated rings. The second-order valence-electron chi connectivity index (χ2n) is 3.63. The Morgan fingerprint density at radius 1 is 1.53 bits per heavy atom. The van der Waals surface area contributed by atoms with Crippen LogP contribution in [0.2, 0.25) is 0 Å². The largest absolute Gasteiger partial charge is 0.362 e. The Bertz CT molecular complexity index is 286. The van der Waals surface area contributed by atoms with Gasteiger partial charge < -0.3 is 15.2 Å². The van der Waals surface area contributed by atoms with Crippen molar-refractivity contribution in [3.63, 3.8) is 0 Å². The molecule has 6 heteroatoms. The number of nitrogens with one attached hydrogen (secondary N) is 2. The molecule has 5 nitrogen and oxygen atoms in total. The molecular weight excluding hydrogens is 212 g/mol. The van der Waals surface area contributed by atoms with Crippen molar-refractivity contribution < 1.29 is 4.52 Å². The van der Waals surface area contributed by atoms with Crippen molar-refractivity contribution in [1.82, 2.24) is 20.8 Å². The molecule has 0 saturated heterocycles. The van der Waals surface area contributed by atoms with Gasteiger partial charge in [-0.3, -0.25) is 0 Å². The Kier molecular flexibility index (Phi) is 5.03. The third kappa shape index (κ3) is 5.31. The van der Waals surface area contributed by atoms with E-state index in [-0.39, 0.29) is 0 Å². The van der Waals surface area contributed by atoms with Gasteiger partial charge in [0.25, 0.3) is 0 Å². The Morgan fingerprint density at radius 2 is 2.33 bits per heavy atom. The Morgan fingerprint density at radius 3 is 2.93 bits per heavy atom.